The van der Waals surface area contributed by atoms with E-state index in [1.165, 1.54) is 5.56 Å². The monoisotopic (exact) mass is 280 g/mol. The summed E-state index contributed by atoms with van der Waals surface area (Å²) in [7, 11) is 0. The molecule has 11 heavy (non-hydrogen) atoms. The van der Waals surface area contributed by atoms with Crippen LogP contribution in [0.25, 0.3) is 0 Å². The highest BCUT2D eigenvalue weighted by Gasteiger charge is 2.06. The lowest BCUT2D eigenvalue weighted by atomic mass is 10.1. The van der Waals surface area contributed by atoms with Crippen LogP contribution in [0, 0.1) is 0 Å². The number of aliphatic hydroxyl groups is 1. The van der Waals surface area contributed by atoms with Gasteiger partial charge in [0.05, 0.1) is 6.10 Å². The highest BCUT2D eigenvalue weighted by molar-refractivity contribution is 14.1. The molecule has 0 aliphatic rings. The molecule has 0 aromatic carbocycles. The van der Waals surface area contributed by atoms with Crippen molar-refractivity contribution in [3.63, 3.8) is 0 Å². The summed E-state index contributed by atoms with van der Waals surface area (Å²) >= 11 is 3.70. The first-order valence-corrected chi connectivity index (χ1v) is 5.25. The summed E-state index contributed by atoms with van der Waals surface area (Å²) in [5.74, 6) is 0. The van der Waals surface area contributed by atoms with E-state index in [-0.39, 0.29) is 0 Å². The van der Waals surface area contributed by atoms with Crippen LogP contribution in [0.15, 0.2) is 27.0 Å². The summed E-state index contributed by atoms with van der Waals surface area (Å²) in [6.07, 6.45) is 0.288. The highest BCUT2D eigenvalue weighted by Crippen LogP contribution is 2.15. The minimum atomic E-state index is -0.398. The Morgan fingerprint density at radius 3 is 3.00 bits per heavy atom. The third-order valence-electron chi connectivity index (χ3n) is 1.37. The third-order valence-corrected chi connectivity index (χ3v) is 2.82. The second-order valence-corrected chi connectivity index (χ2v) is 4.46. The molecule has 1 aromatic rings. The minimum Gasteiger partial charge on any atom is -0.388 e. The van der Waals surface area contributed by atoms with Gasteiger partial charge in [0, 0.05) is 10.0 Å². The molecule has 0 aliphatic heterocycles. The van der Waals surface area contributed by atoms with Gasteiger partial charge in [-0.3, -0.25) is 0 Å². The largest absolute Gasteiger partial charge is 0.388 e. The molecule has 0 saturated heterocycles. The number of rotatable bonds is 3. The first-order chi connectivity index (χ1) is 5.20. The van der Waals surface area contributed by atoms with Gasteiger partial charge in [0.1, 0.15) is 0 Å². The molecule has 0 spiro atoms. The Morgan fingerprint density at radius 1 is 1.82 bits per heavy atom. The van der Waals surface area contributed by atoms with E-state index in [9.17, 15) is 5.11 Å². The van der Waals surface area contributed by atoms with Crippen molar-refractivity contribution < 1.29 is 5.11 Å². The molecule has 1 nitrogen and oxygen atoms in total. The topological polar surface area (TPSA) is 20.2 Å². The van der Waals surface area contributed by atoms with E-state index in [0.717, 1.165) is 3.58 Å². The first-order valence-electron chi connectivity index (χ1n) is 3.23. The summed E-state index contributed by atoms with van der Waals surface area (Å²) in [6.45, 7) is 3.68. The van der Waals surface area contributed by atoms with Crippen LogP contribution in [0.3, 0.4) is 0 Å². The molecule has 1 atom stereocenters. The van der Waals surface area contributed by atoms with Crippen molar-refractivity contribution in [1.82, 2.24) is 0 Å². The van der Waals surface area contributed by atoms with Crippen LogP contribution in [-0.2, 0) is 6.42 Å². The second-order valence-electron chi connectivity index (χ2n) is 2.30. The Morgan fingerprint density at radius 2 is 2.55 bits per heavy atom. The molecule has 0 radical (unpaired) electrons. The SMILES string of the molecule is C=C(I)C(O)Cc1ccsc1. The summed E-state index contributed by atoms with van der Waals surface area (Å²) in [5.41, 5.74) is 1.18. The predicted octanol–water partition coefficient (Wildman–Crippen LogP) is 2.60. The Bertz CT molecular complexity index is 230. The molecule has 0 aliphatic carbocycles. The van der Waals surface area contributed by atoms with Crippen LogP contribution in [0.2, 0.25) is 0 Å². The lowest BCUT2D eigenvalue weighted by Crippen LogP contribution is -2.08. The average molecular weight is 280 g/mol. The van der Waals surface area contributed by atoms with Gasteiger partial charge in [-0.1, -0.05) is 6.58 Å². The first kappa shape index (κ1) is 9.22. The van der Waals surface area contributed by atoms with Gasteiger partial charge in [0.15, 0.2) is 0 Å². The molecule has 0 saturated carbocycles. The van der Waals surface area contributed by atoms with Gasteiger partial charge in [-0.25, -0.2) is 0 Å². The van der Waals surface area contributed by atoms with E-state index in [0.29, 0.717) is 6.42 Å². The maximum atomic E-state index is 9.40. The molecule has 0 fully saturated rings. The average Bonchev–Trinajstić information content (AvgIpc) is 2.39. The molecule has 1 N–H and O–H groups in total. The number of aliphatic hydroxyl groups excluding tert-OH is 1. The fraction of sp³-hybridized carbons (Fsp3) is 0.250. The van der Waals surface area contributed by atoms with E-state index in [4.69, 9.17) is 0 Å². The quantitative estimate of drug-likeness (QED) is 0.844. The molecule has 0 bridgehead atoms. The zero-order chi connectivity index (χ0) is 8.27. The lowest BCUT2D eigenvalue weighted by Gasteiger charge is -2.05. The molecule has 1 heterocycles. The highest BCUT2D eigenvalue weighted by atomic mass is 127. The van der Waals surface area contributed by atoms with Crippen molar-refractivity contribution in [2.24, 2.45) is 0 Å². The van der Waals surface area contributed by atoms with Crippen molar-refractivity contribution in [3.05, 3.63) is 32.5 Å². The van der Waals surface area contributed by atoms with Crippen molar-refractivity contribution in [1.29, 1.82) is 0 Å². The maximum absolute atomic E-state index is 9.40. The van der Waals surface area contributed by atoms with Crippen molar-refractivity contribution in [2.45, 2.75) is 12.5 Å². The molecule has 3 heteroatoms. The smallest absolute Gasteiger partial charge is 0.0881 e. The predicted molar refractivity (Wildman–Crippen MR) is 57.2 cm³/mol. The van der Waals surface area contributed by atoms with E-state index < -0.39 is 6.10 Å². The Hall–Kier alpha value is 0.130. The normalized spacial score (nSPS) is 12.9. The van der Waals surface area contributed by atoms with Crippen molar-refractivity contribution in [3.8, 4) is 0 Å². The van der Waals surface area contributed by atoms with Gasteiger partial charge in [0.2, 0.25) is 0 Å². The molecular weight excluding hydrogens is 271 g/mol. The van der Waals surface area contributed by atoms with Gasteiger partial charge in [-0.2, -0.15) is 11.3 Å². The lowest BCUT2D eigenvalue weighted by molar-refractivity contribution is 0.222. The summed E-state index contributed by atoms with van der Waals surface area (Å²) in [4.78, 5) is 0. The Labute approximate surface area is 83.9 Å². The zero-order valence-electron chi connectivity index (χ0n) is 5.96. The van der Waals surface area contributed by atoms with E-state index in [1.54, 1.807) is 11.3 Å². The van der Waals surface area contributed by atoms with Crippen LogP contribution in [-0.4, -0.2) is 11.2 Å². The van der Waals surface area contributed by atoms with Crippen LogP contribution in [0.1, 0.15) is 5.56 Å². The standard InChI is InChI=1S/C8H9IOS/c1-6(9)8(10)4-7-2-3-11-5-7/h2-3,5,8,10H,1,4H2. The maximum Gasteiger partial charge on any atom is 0.0881 e. The number of halogens is 1. The Kier molecular flexibility index (Phi) is 3.54. The van der Waals surface area contributed by atoms with Crippen LogP contribution in [0.5, 0.6) is 0 Å². The fourth-order valence-corrected chi connectivity index (χ4v) is 1.64. The van der Waals surface area contributed by atoms with E-state index >= 15 is 0 Å². The van der Waals surface area contributed by atoms with Gasteiger partial charge in [-0.05, 0) is 45.0 Å². The van der Waals surface area contributed by atoms with Crippen LogP contribution in [0.4, 0.5) is 0 Å². The van der Waals surface area contributed by atoms with Crippen molar-refractivity contribution in [2.75, 3.05) is 0 Å². The molecule has 1 aromatic heterocycles. The Balaban J connectivity index is 2.50. The summed E-state index contributed by atoms with van der Waals surface area (Å²) in [5, 5.41) is 13.5. The van der Waals surface area contributed by atoms with Gasteiger partial charge in [0.25, 0.3) is 0 Å². The number of hydrogen-bond donors (Lipinski definition) is 1. The van der Waals surface area contributed by atoms with Gasteiger partial charge in [-0.15, -0.1) is 0 Å². The molecule has 60 valence electrons. The van der Waals surface area contributed by atoms with Crippen LogP contribution >= 0.6 is 33.9 Å². The van der Waals surface area contributed by atoms with Gasteiger partial charge >= 0.3 is 0 Å². The third kappa shape index (κ3) is 2.92. The second kappa shape index (κ2) is 4.23. The minimum absolute atomic E-state index is 0.398. The van der Waals surface area contributed by atoms with E-state index in [1.807, 2.05) is 16.8 Å². The fourth-order valence-electron chi connectivity index (χ4n) is 0.743. The number of thiophene rings is 1. The molecule has 0 amide bonds. The van der Waals surface area contributed by atoms with Crippen molar-refractivity contribution >= 4 is 33.9 Å². The van der Waals surface area contributed by atoms with Crippen LogP contribution < -0.4 is 0 Å². The van der Waals surface area contributed by atoms with E-state index in [2.05, 4.69) is 29.2 Å². The molecular formula is C8H9IOS. The van der Waals surface area contributed by atoms with Gasteiger partial charge < -0.3 is 5.11 Å². The molecule has 1 unspecified atom stereocenters. The summed E-state index contributed by atoms with van der Waals surface area (Å²) < 4.78 is 0.800. The molecule has 1 rings (SSSR count). The summed E-state index contributed by atoms with van der Waals surface area (Å²) in [6, 6.07) is 2.02. The number of hydrogen-bond acceptors (Lipinski definition) is 2. The zero-order valence-corrected chi connectivity index (χ0v) is 8.93.